The van der Waals surface area contributed by atoms with E-state index in [0.29, 0.717) is 37.0 Å². The molecule has 2 aromatic carbocycles. The maximum atomic E-state index is 11.5. The Morgan fingerprint density at radius 3 is 2.06 bits per heavy atom. The van der Waals surface area contributed by atoms with E-state index >= 15 is 0 Å². The highest BCUT2D eigenvalue weighted by Crippen LogP contribution is 2.48. The number of esters is 1. The van der Waals surface area contributed by atoms with Crippen molar-refractivity contribution in [3.8, 4) is 5.75 Å². The lowest BCUT2D eigenvalue weighted by Gasteiger charge is -2.39. The number of carbonyl (C=O) groups excluding carboxylic acids is 1. The Balaban J connectivity index is 1.60. The van der Waals surface area contributed by atoms with Crippen LogP contribution in [0.1, 0.15) is 75.0 Å². The predicted molar refractivity (Wildman–Crippen MR) is 130 cm³/mol. The largest absolute Gasteiger partial charge is 0.508 e. The van der Waals surface area contributed by atoms with Crippen LogP contribution in [-0.2, 0) is 9.53 Å². The maximum Gasteiger partial charge on any atom is 0.306 e. The van der Waals surface area contributed by atoms with Crippen LogP contribution >= 0.6 is 0 Å². The van der Waals surface area contributed by atoms with Gasteiger partial charge in [0, 0.05) is 6.42 Å². The molecule has 0 atom stereocenters. The van der Waals surface area contributed by atoms with E-state index in [4.69, 9.17) is 4.74 Å². The van der Waals surface area contributed by atoms with Gasteiger partial charge in [0.05, 0.1) is 6.61 Å². The van der Waals surface area contributed by atoms with Crippen molar-refractivity contribution in [1.29, 1.82) is 0 Å². The first kappa shape index (κ1) is 22.4. The Kier molecular flexibility index (Phi) is 7.47. The third kappa shape index (κ3) is 5.32. The van der Waals surface area contributed by atoms with E-state index in [2.05, 4.69) is 42.5 Å². The van der Waals surface area contributed by atoms with Gasteiger partial charge in [-0.1, -0.05) is 67.0 Å². The van der Waals surface area contributed by atoms with Gasteiger partial charge in [-0.3, -0.25) is 4.79 Å². The second-order valence-electron chi connectivity index (χ2n) is 9.00. The molecule has 2 fully saturated rings. The van der Waals surface area contributed by atoms with Crippen LogP contribution in [0.3, 0.4) is 0 Å². The Hall–Kier alpha value is -2.81. The molecule has 2 aromatic rings. The molecule has 3 heteroatoms. The third-order valence-electron chi connectivity index (χ3n) is 6.86. The molecule has 0 spiro atoms. The highest BCUT2D eigenvalue weighted by atomic mass is 16.5. The molecule has 0 unspecified atom stereocenters. The van der Waals surface area contributed by atoms with Crippen molar-refractivity contribution in [1.82, 2.24) is 0 Å². The molecule has 3 nitrogen and oxygen atoms in total. The molecule has 2 aliphatic rings. The van der Waals surface area contributed by atoms with Crippen LogP contribution in [0, 0.1) is 11.8 Å². The van der Waals surface area contributed by atoms with Crippen molar-refractivity contribution in [2.24, 2.45) is 11.8 Å². The fourth-order valence-electron chi connectivity index (χ4n) is 5.42. The van der Waals surface area contributed by atoms with Crippen molar-refractivity contribution in [2.75, 3.05) is 6.61 Å². The summed E-state index contributed by atoms with van der Waals surface area (Å²) in [4.78, 5) is 11.5. The SMILES string of the molecule is CCOC(=O)CC/C=C/c1ccc(C(=C2C3CCCC2CCC3)c2ccc(O)cc2)cc1. The van der Waals surface area contributed by atoms with Crippen LogP contribution < -0.4 is 0 Å². The predicted octanol–water partition coefficient (Wildman–Crippen LogP) is 7.15. The first-order chi connectivity index (χ1) is 15.7. The number of rotatable bonds is 7. The average Bonchev–Trinajstić information content (AvgIpc) is 2.79. The van der Waals surface area contributed by atoms with E-state index in [1.807, 2.05) is 13.0 Å². The number of phenols is 1. The molecule has 2 aliphatic carbocycles. The van der Waals surface area contributed by atoms with E-state index in [1.54, 1.807) is 17.7 Å². The lowest BCUT2D eigenvalue weighted by molar-refractivity contribution is -0.142. The highest BCUT2D eigenvalue weighted by Gasteiger charge is 2.33. The third-order valence-corrected chi connectivity index (χ3v) is 6.86. The zero-order chi connectivity index (χ0) is 22.3. The van der Waals surface area contributed by atoms with Gasteiger partial charge in [0.1, 0.15) is 5.75 Å². The van der Waals surface area contributed by atoms with E-state index < -0.39 is 0 Å². The molecule has 0 aromatic heterocycles. The van der Waals surface area contributed by atoms with Gasteiger partial charge >= 0.3 is 5.97 Å². The minimum absolute atomic E-state index is 0.143. The van der Waals surface area contributed by atoms with E-state index in [1.165, 1.54) is 55.2 Å². The molecular formula is C29H34O3. The van der Waals surface area contributed by atoms with Crippen molar-refractivity contribution in [3.05, 3.63) is 76.9 Å². The van der Waals surface area contributed by atoms with Crippen LogP contribution in [0.5, 0.6) is 5.75 Å². The summed E-state index contributed by atoms with van der Waals surface area (Å²) in [5.41, 5.74) is 6.61. The molecule has 0 aliphatic heterocycles. The molecule has 4 rings (SSSR count). The standard InChI is InChI=1S/C29H34O3/c1-2-32-27(31)12-4-3-7-21-13-15-24(16-14-21)29(25-17-19-26(30)20-18-25)28-22-8-5-9-23(28)11-6-10-22/h3,7,13-20,22-23,30H,2,4-6,8-12H2,1H3/b7-3+,29-28?. The van der Waals surface area contributed by atoms with Gasteiger partial charge in [0.15, 0.2) is 0 Å². The Morgan fingerprint density at radius 1 is 0.938 bits per heavy atom. The molecule has 0 saturated heterocycles. The number of carbonyl (C=O) groups is 1. The normalized spacial score (nSPS) is 20.3. The molecule has 0 amide bonds. The lowest BCUT2D eigenvalue weighted by Crippen LogP contribution is -2.25. The summed E-state index contributed by atoms with van der Waals surface area (Å²) in [7, 11) is 0. The number of benzene rings is 2. The van der Waals surface area contributed by atoms with Crippen molar-refractivity contribution in [2.45, 2.75) is 58.3 Å². The average molecular weight is 431 g/mol. The van der Waals surface area contributed by atoms with E-state index in [9.17, 15) is 9.90 Å². The van der Waals surface area contributed by atoms with Gasteiger partial charge in [0.2, 0.25) is 0 Å². The molecule has 2 bridgehead atoms. The molecule has 0 radical (unpaired) electrons. The monoisotopic (exact) mass is 430 g/mol. The first-order valence-corrected chi connectivity index (χ1v) is 12.1. The second kappa shape index (κ2) is 10.7. The van der Waals surface area contributed by atoms with Gasteiger partial charge in [-0.25, -0.2) is 0 Å². The smallest absolute Gasteiger partial charge is 0.306 e. The van der Waals surface area contributed by atoms with Gasteiger partial charge in [0.25, 0.3) is 0 Å². The van der Waals surface area contributed by atoms with Crippen LogP contribution in [0.25, 0.3) is 11.6 Å². The number of allylic oxidation sites excluding steroid dienone is 2. The number of fused-ring (bicyclic) bond motifs is 2. The summed E-state index contributed by atoms with van der Waals surface area (Å²) < 4.78 is 4.98. The van der Waals surface area contributed by atoms with Gasteiger partial charge in [-0.05, 0) is 85.3 Å². The van der Waals surface area contributed by atoms with Gasteiger partial charge < -0.3 is 9.84 Å². The molecule has 168 valence electrons. The molecule has 2 saturated carbocycles. The summed E-state index contributed by atoms with van der Waals surface area (Å²) in [5.74, 6) is 1.54. The number of hydrogen-bond donors (Lipinski definition) is 1. The molecule has 32 heavy (non-hydrogen) atoms. The minimum Gasteiger partial charge on any atom is -0.508 e. The van der Waals surface area contributed by atoms with Gasteiger partial charge in [-0.2, -0.15) is 0 Å². The van der Waals surface area contributed by atoms with Crippen LogP contribution in [0.4, 0.5) is 0 Å². The van der Waals surface area contributed by atoms with Crippen LogP contribution in [0.2, 0.25) is 0 Å². The zero-order valence-electron chi connectivity index (χ0n) is 19.1. The Bertz CT molecular complexity index is 942. The fraction of sp³-hybridized carbons (Fsp3) is 0.414. The Morgan fingerprint density at radius 2 is 1.50 bits per heavy atom. The van der Waals surface area contributed by atoms with E-state index in [0.717, 1.165) is 5.56 Å². The summed E-state index contributed by atoms with van der Waals surface area (Å²) in [5, 5.41) is 9.83. The number of aromatic hydroxyl groups is 1. The summed E-state index contributed by atoms with van der Waals surface area (Å²) in [6, 6.07) is 16.5. The van der Waals surface area contributed by atoms with Gasteiger partial charge in [-0.15, -0.1) is 0 Å². The lowest BCUT2D eigenvalue weighted by atomic mass is 9.65. The summed E-state index contributed by atoms with van der Waals surface area (Å²) in [6.45, 7) is 2.27. The van der Waals surface area contributed by atoms with Crippen LogP contribution in [0.15, 0.2) is 60.2 Å². The number of phenolic OH excluding ortho intramolecular Hbond substituents is 1. The quantitative estimate of drug-likeness (QED) is 0.474. The Labute approximate surface area is 191 Å². The highest BCUT2D eigenvalue weighted by molar-refractivity contribution is 5.83. The second-order valence-corrected chi connectivity index (χ2v) is 9.00. The number of ether oxygens (including phenoxy) is 1. The minimum atomic E-state index is -0.143. The van der Waals surface area contributed by atoms with Crippen LogP contribution in [-0.4, -0.2) is 17.7 Å². The maximum absolute atomic E-state index is 11.5. The zero-order valence-corrected chi connectivity index (χ0v) is 19.1. The summed E-state index contributed by atoms with van der Waals surface area (Å²) in [6.07, 6.45) is 13.1. The molecular weight excluding hydrogens is 396 g/mol. The van der Waals surface area contributed by atoms with Crippen molar-refractivity contribution < 1.29 is 14.6 Å². The van der Waals surface area contributed by atoms with E-state index in [-0.39, 0.29) is 5.97 Å². The molecule has 1 N–H and O–H groups in total. The summed E-state index contributed by atoms with van der Waals surface area (Å²) >= 11 is 0. The molecule has 0 heterocycles. The van der Waals surface area contributed by atoms with Crippen molar-refractivity contribution in [3.63, 3.8) is 0 Å². The topological polar surface area (TPSA) is 46.5 Å². The number of hydrogen-bond acceptors (Lipinski definition) is 3. The first-order valence-electron chi connectivity index (χ1n) is 12.1. The van der Waals surface area contributed by atoms with Crippen molar-refractivity contribution >= 4 is 17.6 Å². The fourth-order valence-corrected chi connectivity index (χ4v) is 5.42.